The minimum Gasteiger partial charge on any atom is -0.392 e. The van der Waals surface area contributed by atoms with Crippen molar-refractivity contribution in [3.63, 3.8) is 0 Å². The lowest BCUT2D eigenvalue weighted by Crippen LogP contribution is -2.05. The zero-order valence-electron chi connectivity index (χ0n) is 13.5. The summed E-state index contributed by atoms with van der Waals surface area (Å²) < 4.78 is 1.89. The van der Waals surface area contributed by atoms with Crippen LogP contribution >= 0.6 is 0 Å². The molecule has 0 unspecified atom stereocenters. The first-order valence-corrected chi connectivity index (χ1v) is 7.70. The van der Waals surface area contributed by atoms with Gasteiger partial charge in [0.1, 0.15) is 0 Å². The molecular weight excluding hydrogens is 286 g/mol. The number of nitrogens with zero attached hydrogens (tertiary/aromatic N) is 2. The third-order valence-electron chi connectivity index (χ3n) is 3.80. The number of hydrogen-bond acceptors (Lipinski definition) is 3. The Morgan fingerprint density at radius 1 is 1.00 bits per heavy atom. The molecule has 0 bridgehead atoms. The van der Waals surface area contributed by atoms with E-state index in [2.05, 4.69) is 35.5 Å². The number of anilines is 1. The first-order chi connectivity index (χ1) is 11.2. The number of hydrogen-bond donors (Lipinski definition) is 2. The Labute approximate surface area is 136 Å². The van der Waals surface area contributed by atoms with E-state index < -0.39 is 0 Å². The van der Waals surface area contributed by atoms with Gasteiger partial charge in [-0.2, -0.15) is 5.10 Å². The normalized spacial score (nSPS) is 10.7. The molecule has 0 saturated heterocycles. The zero-order valence-corrected chi connectivity index (χ0v) is 13.5. The van der Waals surface area contributed by atoms with Crippen molar-refractivity contribution >= 4 is 5.69 Å². The molecule has 0 aliphatic carbocycles. The third-order valence-corrected chi connectivity index (χ3v) is 3.80. The molecule has 0 aliphatic heterocycles. The number of nitrogens with one attached hydrogen (secondary N) is 1. The SMILES string of the molecule is Cc1ccc(-n2cc(C)cn2)c(NCc2ccc(CO)cc2)c1. The van der Waals surface area contributed by atoms with Crippen LogP contribution in [0.4, 0.5) is 5.69 Å². The minimum atomic E-state index is 0.0778. The topological polar surface area (TPSA) is 50.1 Å². The third kappa shape index (κ3) is 3.60. The van der Waals surface area contributed by atoms with Gasteiger partial charge in [0.15, 0.2) is 0 Å². The van der Waals surface area contributed by atoms with E-state index in [1.165, 1.54) is 11.1 Å². The van der Waals surface area contributed by atoms with E-state index in [0.717, 1.165) is 29.0 Å². The van der Waals surface area contributed by atoms with Crippen molar-refractivity contribution in [2.24, 2.45) is 0 Å². The van der Waals surface area contributed by atoms with Crippen LogP contribution in [0.15, 0.2) is 54.9 Å². The minimum absolute atomic E-state index is 0.0778. The summed E-state index contributed by atoms with van der Waals surface area (Å²) in [5, 5.41) is 17.0. The van der Waals surface area contributed by atoms with E-state index in [-0.39, 0.29) is 6.61 Å². The quantitative estimate of drug-likeness (QED) is 0.757. The highest BCUT2D eigenvalue weighted by Gasteiger charge is 2.06. The summed E-state index contributed by atoms with van der Waals surface area (Å²) in [7, 11) is 0. The van der Waals surface area contributed by atoms with Crippen LogP contribution in [0.25, 0.3) is 5.69 Å². The molecule has 0 spiro atoms. The molecule has 1 aromatic heterocycles. The number of benzene rings is 2. The maximum atomic E-state index is 9.11. The highest BCUT2D eigenvalue weighted by molar-refractivity contribution is 5.62. The second-order valence-corrected chi connectivity index (χ2v) is 5.81. The standard InChI is InChI=1S/C19H21N3O/c1-14-3-8-19(22-12-15(2)10-21-22)18(9-14)20-11-16-4-6-17(13-23)7-5-16/h3-10,12,20,23H,11,13H2,1-2H3. The van der Waals surface area contributed by atoms with Crippen LogP contribution in [-0.2, 0) is 13.2 Å². The Balaban J connectivity index is 1.82. The lowest BCUT2D eigenvalue weighted by Gasteiger charge is -2.13. The van der Waals surface area contributed by atoms with E-state index in [1.807, 2.05) is 48.3 Å². The van der Waals surface area contributed by atoms with E-state index in [4.69, 9.17) is 5.11 Å². The summed E-state index contributed by atoms with van der Waals surface area (Å²) in [5.74, 6) is 0. The van der Waals surface area contributed by atoms with Gasteiger partial charge in [0.05, 0.1) is 24.2 Å². The van der Waals surface area contributed by atoms with E-state index in [0.29, 0.717) is 0 Å². The fourth-order valence-electron chi connectivity index (χ4n) is 2.50. The molecule has 0 aliphatic rings. The zero-order chi connectivity index (χ0) is 16.2. The summed E-state index contributed by atoms with van der Waals surface area (Å²) in [5.41, 5.74) is 6.53. The summed E-state index contributed by atoms with van der Waals surface area (Å²) >= 11 is 0. The molecule has 118 valence electrons. The maximum Gasteiger partial charge on any atom is 0.0877 e. The first kappa shape index (κ1) is 15.3. The van der Waals surface area contributed by atoms with Crippen LogP contribution in [0, 0.1) is 13.8 Å². The van der Waals surface area contributed by atoms with Crippen molar-refractivity contribution in [3.8, 4) is 5.69 Å². The van der Waals surface area contributed by atoms with Crippen LogP contribution in [-0.4, -0.2) is 14.9 Å². The van der Waals surface area contributed by atoms with Crippen LogP contribution in [0.1, 0.15) is 22.3 Å². The first-order valence-electron chi connectivity index (χ1n) is 7.70. The van der Waals surface area contributed by atoms with E-state index in [9.17, 15) is 0 Å². The lowest BCUT2D eigenvalue weighted by atomic mass is 10.1. The van der Waals surface area contributed by atoms with E-state index >= 15 is 0 Å². The molecule has 4 heteroatoms. The Morgan fingerprint density at radius 3 is 2.39 bits per heavy atom. The molecule has 23 heavy (non-hydrogen) atoms. The predicted molar refractivity (Wildman–Crippen MR) is 92.7 cm³/mol. The number of rotatable bonds is 5. The molecule has 3 aromatic rings. The van der Waals surface area contributed by atoms with Crippen molar-refractivity contribution in [3.05, 3.63) is 77.1 Å². The Kier molecular flexibility index (Phi) is 4.44. The van der Waals surface area contributed by atoms with Gasteiger partial charge < -0.3 is 10.4 Å². The van der Waals surface area contributed by atoms with Gasteiger partial charge in [0, 0.05) is 12.7 Å². The van der Waals surface area contributed by atoms with Gasteiger partial charge in [-0.3, -0.25) is 0 Å². The average Bonchev–Trinajstić information content (AvgIpc) is 2.99. The van der Waals surface area contributed by atoms with Gasteiger partial charge in [-0.15, -0.1) is 0 Å². The van der Waals surface area contributed by atoms with E-state index in [1.54, 1.807) is 0 Å². The molecule has 2 N–H and O–H groups in total. The summed E-state index contributed by atoms with van der Waals surface area (Å²) in [6.45, 7) is 4.92. The number of aliphatic hydroxyl groups excluding tert-OH is 1. The van der Waals surface area contributed by atoms with Gasteiger partial charge >= 0.3 is 0 Å². The largest absolute Gasteiger partial charge is 0.392 e. The second kappa shape index (κ2) is 6.67. The van der Waals surface area contributed by atoms with Gasteiger partial charge in [-0.05, 0) is 48.2 Å². The molecule has 3 rings (SSSR count). The van der Waals surface area contributed by atoms with Crippen molar-refractivity contribution in [1.82, 2.24) is 9.78 Å². The highest BCUT2D eigenvalue weighted by atomic mass is 16.3. The van der Waals surface area contributed by atoms with Crippen molar-refractivity contribution in [2.75, 3.05) is 5.32 Å². The smallest absolute Gasteiger partial charge is 0.0877 e. The molecule has 1 heterocycles. The van der Waals surface area contributed by atoms with Crippen LogP contribution in [0.3, 0.4) is 0 Å². The van der Waals surface area contributed by atoms with Crippen molar-refractivity contribution < 1.29 is 5.11 Å². The summed E-state index contributed by atoms with van der Waals surface area (Å²) in [6.07, 6.45) is 3.88. The fraction of sp³-hybridized carbons (Fsp3) is 0.211. The highest BCUT2D eigenvalue weighted by Crippen LogP contribution is 2.22. The van der Waals surface area contributed by atoms with Gasteiger partial charge in [-0.1, -0.05) is 30.3 Å². The number of aromatic nitrogens is 2. The predicted octanol–water partition coefficient (Wildman–Crippen LogP) is 3.59. The molecule has 0 radical (unpaired) electrons. The average molecular weight is 307 g/mol. The van der Waals surface area contributed by atoms with Crippen molar-refractivity contribution in [1.29, 1.82) is 0 Å². The second-order valence-electron chi connectivity index (χ2n) is 5.81. The maximum absolute atomic E-state index is 9.11. The Hall–Kier alpha value is -2.59. The molecule has 0 atom stereocenters. The number of aryl methyl sites for hydroxylation is 2. The van der Waals surface area contributed by atoms with Crippen molar-refractivity contribution in [2.45, 2.75) is 27.0 Å². The molecular formula is C19H21N3O. The molecule has 0 fully saturated rings. The van der Waals surface area contributed by atoms with Crippen LogP contribution in [0.5, 0.6) is 0 Å². The summed E-state index contributed by atoms with van der Waals surface area (Å²) in [6, 6.07) is 14.3. The molecule has 0 amide bonds. The fourth-order valence-corrected chi connectivity index (χ4v) is 2.50. The monoisotopic (exact) mass is 307 g/mol. The molecule has 0 saturated carbocycles. The number of aliphatic hydroxyl groups is 1. The Morgan fingerprint density at radius 2 is 1.74 bits per heavy atom. The lowest BCUT2D eigenvalue weighted by molar-refractivity contribution is 0.282. The summed E-state index contributed by atoms with van der Waals surface area (Å²) in [4.78, 5) is 0. The van der Waals surface area contributed by atoms with Crippen LogP contribution < -0.4 is 5.32 Å². The van der Waals surface area contributed by atoms with Crippen LogP contribution in [0.2, 0.25) is 0 Å². The molecule has 2 aromatic carbocycles. The van der Waals surface area contributed by atoms with Gasteiger partial charge in [-0.25, -0.2) is 4.68 Å². The van der Waals surface area contributed by atoms with Gasteiger partial charge in [0.25, 0.3) is 0 Å². The molecule has 4 nitrogen and oxygen atoms in total. The van der Waals surface area contributed by atoms with Gasteiger partial charge in [0.2, 0.25) is 0 Å². The Bertz CT molecular complexity index is 791.